The van der Waals surface area contributed by atoms with E-state index in [1.54, 1.807) is 24.3 Å². The molecule has 21 heavy (non-hydrogen) atoms. The maximum absolute atomic E-state index is 12.3. The van der Waals surface area contributed by atoms with Crippen molar-refractivity contribution in [2.45, 2.75) is 25.7 Å². The highest BCUT2D eigenvalue weighted by molar-refractivity contribution is 5.95. The highest BCUT2D eigenvalue weighted by atomic mass is 16.4. The summed E-state index contributed by atoms with van der Waals surface area (Å²) in [5.41, 5.74) is 1.47. The minimum atomic E-state index is -0.885. The zero-order valence-corrected chi connectivity index (χ0v) is 11.7. The number of nitrogens with zero attached hydrogens (tertiary/aromatic N) is 1. The van der Waals surface area contributed by atoms with Crippen molar-refractivity contribution in [2.24, 2.45) is 22.8 Å². The first kappa shape index (κ1) is 15.0. The molecule has 2 atom stereocenters. The second-order valence-electron chi connectivity index (χ2n) is 5.23. The van der Waals surface area contributed by atoms with Gasteiger partial charge >= 0.3 is 5.97 Å². The molecule has 0 saturated heterocycles. The highest BCUT2D eigenvalue weighted by Crippen LogP contribution is 2.31. The van der Waals surface area contributed by atoms with Crippen molar-refractivity contribution in [2.75, 3.05) is 5.32 Å². The molecule has 4 N–H and O–H groups in total. The molecule has 112 valence electrons. The second kappa shape index (κ2) is 6.88. The van der Waals surface area contributed by atoms with Crippen LogP contribution in [0.15, 0.2) is 29.4 Å². The van der Waals surface area contributed by atoms with Gasteiger partial charge in [-0.15, -0.1) is 0 Å². The Morgan fingerprint density at radius 3 is 2.38 bits per heavy atom. The number of carboxylic acids is 1. The van der Waals surface area contributed by atoms with E-state index in [1.165, 1.54) is 6.21 Å². The first-order valence-electron chi connectivity index (χ1n) is 6.99. The van der Waals surface area contributed by atoms with Crippen LogP contribution in [0.1, 0.15) is 31.2 Å². The molecule has 6 nitrogen and oxygen atoms in total. The molecule has 1 aromatic carbocycles. The van der Waals surface area contributed by atoms with Gasteiger partial charge in [0.1, 0.15) is 0 Å². The smallest absolute Gasteiger partial charge is 0.307 e. The SMILES string of the molecule is NN=Cc1ccc(NC(=O)C2CCCCC2C(=O)O)cc1. The number of rotatable bonds is 4. The molecule has 1 saturated carbocycles. The monoisotopic (exact) mass is 289 g/mol. The molecule has 0 aromatic heterocycles. The number of anilines is 1. The summed E-state index contributed by atoms with van der Waals surface area (Å²) in [6, 6.07) is 7.05. The number of hydrazone groups is 1. The van der Waals surface area contributed by atoms with Crippen molar-refractivity contribution in [3.05, 3.63) is 29.8 Å². The van der Waals surface area contributed by atoms with Gasteiger partial charge in [0.05, 0.1) is 18.1 Å². The molecule has 2 unspecified atom stereocenters. The van der Waals surface area contributed by atoms with E-state index in [4.69, 9.17) is 5.84 Å². The number of amides is 1. The predicted molar refractivity (Wildman–Crippen MR) is 79.9 cm³/mol. The number of hydrogen-bond acceptors (Lipinski definition) is 4. The van der Waals surface area contributed by atoms with Crippen molar-refractivity contribution in [1.82, 2.24) is 0 Å². The van der Waals surface area contributed by atoms with E-state index in [9.17, 15) is 14.7 Å². The molecule has 1 fully saturated rings. The lowest BCUT2D eigenvalue weighted by Crippen LogP contribution is -2.36. The Kier molecular flexibility index (Phi) is 4.92. The second-order valence-corrected chi connectivity index (χ2v) is 5.23. The molecule has 0 aliphatic heterocycles. The average Bonchev–Trinajstić information content (AvgIpc) is 2.49. The first-order valence-corrected chi connectivity index (χ1v) is 6.99. The molecular formula is C15H19N3O3. The van der Waals surface area contributed by atoms with E-state index >= 15 is 0 Å². The van der Waals surface area contributed by atoms with Crippen LogP contribution in [0.3, 0.4) is 0 Å². The standard InChI is InChI=1S/C15H19N3O3/c16-17-9-10-5-7-11(8-6-10)18-14(19)12-3-1-2-4-13(12)15(20)21/h5-9,12-13H,1-4,16H2,(H,18,19)(H,20,21). The number of hydrogen-bond donors (Lipinski definition) is 3. The van der Waals surface area contributed by atoms with E-state index in [2.05, 4.69) is 10.4 Å². The lowest BCUT2D eigenvalue weighted by atomic mass is 9.78. The average molecular weight is 289 g/mol. The zero-order chi connectivity index (χ0) is 15.2. The predicted octanol–water partition coefficient (Wildman–Crippen LogP) is 1.81. The zero-order valence-electron chi connectivity index (χ0n) is 11.7. The van der Waals surface area contributed by atoms with Crippen LogP contribution in [0.25, 0.3) is 0 Å². The lowest BCUT2D eigenvalue weighted by Gasteiger charge is -2.27. The number of nitrogens with two attached hydrogens (primary N) is 1. The third kappa shape index (κ3) is 3.81. The number of carbonyl (C=O) groups is 2. The van der Waals surface area contributed by atoms with E-state index in [0.717, 1.165) is 18.4 Å². The topological polar surface area (TPSA) is 105 Å². The number of carbonyl (C=O) groups excluding carboxylic acids is 1. The molecular weight excluding hydrogens is 270 g/mol. The normalized spacial score (nSPS) is 22.1. The molecule has 2 rings (SSSR count). The van der Waals surface area contributed by atoms with Crippen LogP contribution in [0.4, 0.5) is 5.69 Å². The van der Waals surface area contributed by atoms with E-state index in [1.807, 2.05) is 0 Å². The number of nitrogens with one attached hydrogen (secondary N) is 1. The highest BCUT2D eigenvalue weighted by Gasteiger charge is 2.35. The minimum Gasteiger partial charge on any atom is -0.481 e. The minimum absolute atomic E-state index is 0.220. The maximum atomic E-state index is 12.3. The summed E-state index contributed by atoms with van der Waals surface area (Å²) in [6.45, 7) is 0. The van der Waals surface area contributed by atoms with Crippen molar-refractivity contribution in [3.8, 4) is 0 Å². The fourth-order valence-corrected chi connectivity index (χ4v) is 2.71. The number of benzene rings is 1. The first-order chi connectivity index (χ1) is 10.1. The molecule has 6 heteroatoms. The van der Waals surface area contributed by atoms with E-state index in [-0.39, 0.29) is 5.91 Å². The molecule has 0 spiro atoms. The largest absolute Gasteiger partial charge is 0.481 e. The van der Waals surface area contributed by atoms with Crippen molar-refractivity contribution in [3.63, 3.8) is 0 Å². The summed E-state index contributed by atoms with van der Waals surface area (Å²) in [4.78, 5) is 23.5. The van der Waals surface area contributed by atoms with Crippen molar-refractivity contribution >= 4 is 23.8 Å². The fourth-order valence-electron chi connectivity index (χ4n) is 2.71. The Labute approximate surface area is 123 Å². The van der Waals surface area contributed by atoms with Crippen molar-refractivity contribution in [1.29, 1.82) is 0 Å². The summed E-state index contributed by atoms with van der Waals surface area (Å²) in [5, 5.41) is 15.4. The summed E-state index contributed by atoms with van der Waals surface area (Å²) in [6.07, 6.45) is 4.47. The van der Waals surface area contributed by atoms with Gasteiger partial charge in [0, 0.05) is 5.69 Å². The molecule has 1 aliphatic carbocycles. The third-order valence-electron chi connectivity index (χ3n) is 3.82. The van der Waals surface area contributed by atoms with Crippen LogP contribution in [0.5, 0.6) is 0 Å². The van der Waals surface area contributed by atoms with Crippen LogP contribution in [0, 0.1) is 11.8 Å². The van der Waals surface area contributed by atoms with Gasteiger partial charge in [-0.2, -0.15) is 5.10 Å². The van der Waals surface area contributed by atoms with Crippen LogP contribution in [0.2, 0.25) is 0 Å². The Balaban J connectivity index is 2.04. The van der Waals surface area contributed by atoms with Gasteiger partial charge < -0.3 is 16.3 Å². The van der Waals surface area contributed by atoms with Gasteiger partial charge in [-0.05, 0) is 30.5 Å². The molecule has 0 heterocycles. The van der Waals surface area contributed by atoms with Crippen LogP contribution in [-0.2, 0) is 9.59 Å². The Morgan fingerprint density at radius 2 is 1.81 bits per heavy atom. The number of aliphatic carboxylic acids is 1. The summed E-state index contributed by atoms with van der Waals surface area (Å²) in [7, 11) is 0. The fraction of sp³-hybridized carbons (Fsp3) is 0.400. The van der Waals surface area contributed by atoms with Crippen molar-refractivity contribution < 1.29 is 14.7 Å². The Morgan fingerprint density at radius 1 is 1.19 bits per heavy atom. The van der Waals surface area contributed by atoms with Crippen LogP contribution in [-0.4, -0.2) is 23.2 Å². The van der Waals surface area contributed by atoms with Gasteiger partial charge in [0.2, 0.25) is 5.91 Å². The summed E-state index contributed by atoms with van der Waals surface area (Å²) >= 11 is 0. The van der Waals surface area contributed by atoms with Gasteiger partial charge in [-0.25, -0.2) is 0 Å². The number of carboxylic acid groups (broad SMARTS) is 1. The molecule has 0 bridgehead atoms. The van der Waals surface area contributed by atoms with Crippen LogP contribution < -0.4 is 11.2 Å². The third-order valence-corrected chi connectivity index (χ3v) is 3.82. The Hall–Kier alpha value is -2.37. The molecule has 1 aromatic rings. The summed E-state index contributed by atoms with van der Waals surface area (Å²) < 4.78 is 0. The maximum Gasteiger partial charge on any atom is 0.307 e. The molecule has 1 amide bonds. The van der Waals surface area contributed by atoms with Gasteiger partial charge in [0.15, 0.2) is 0 Å². The molecule has 0 radical (unpaired) electrons. The van der Waals surface area contributed by atoms with Gasteiger partial charge in [-0.1, -0.05) is 25.0 Å². The lowest BCUT2D eigenvalue weighted by molar-refractivity contribution is -0.147. The summed E-state index contributed by atoms with van der Waals surface area (Å²) in [5.74, 6) is 2.92. The quantitative estimate of drug-likeness (QED) is 0.446. The molecule has 1 aliphatic rings. The van der Waals surface area contributed by atoms with Gasteiger partial charge in [-0.3, -0.25) is 9.59 Å². The van der Waals surface area contributed by atoms with Gasteiger partial charge in [0.25, 0.3) is 0 Å². The van der Waals surface area contributed by atoms with Crippen LogP contribution >= 0.6 is 0 Å². The van der Waals surface area contributed by atoms with E-state index in [0.29, 0.717) is 18.5 Å². The Bertz CT molecular complexity index is 540. The van der Waals surface area contributed by atoms with E-state index < -0.39 is 17.8 Å².